The van der Waals surface area contributed by atoms with Crippen LogP contribution in [0.4, 0.5) is 8.78 Å². The Morgan fingerprint density at radius 1 is 1.22 bits per heavy atom. The molecule has 206 valence electrons. The van der Waals surface area contributed by atoms with Gasteiger partial charge in [0.25, 0.3) is 0 Å². The van der Waals surface area contributed by atoms with E-state index in [1.54, 1.807) is 19.0 Å². The number of amides is 3. The number of piperazine rings is 1. The maximum Gasteiger partial charge on any atom is 0.236 e. The molecule has 1 aromatic rings. The third kappa shape index (κ3) is 8.18. The molecular weight excluding hydrogens is 484 g/mol. The fourth-order valence-electron chi connectivity index (χ4n) is 4.88. The van der Waals surface area contributed by atoms with Gasteiger partial charge in [0.1, 0.15) is 11.6 Å². The Balaban J connectivity index is 1.73. The van der Waals surface area contributed by atoms with Crippen LogP contribution in [-0.2, 0) is 20.8 Å². The average molecular weight is 524 g/mol. The van der Waals surface area contributed by atoms with Gasteiger partial charge < -0.3 is 25.5 Å². The van der Waals surface area contributed by atoms with Gasteiger partial charge in [0.2, 0.25) is 17.7 Å². The first kappa shape index (κ1) is 28.9. The number of hydrogen-bond donors (Lipinski definition) is 3. The smallest absolute Gasteiger partial charge is 0.236 e. The van der Waals surface area contributed by atoms with E-state index in [2.05, 4.69) is 10.6 Å². The van der Waals surface area contributed by atoms with Crippen molar-refractivity contribution < 1.29 is 28.3 Å². The number of unbranched alkanes of at least 4 members (excludes halogenated alkanes) is 1. The average Bonchev–Trinajstić information content (AvgIpc) is 3.21. The van der Waals surface area contributed by atoms with Crippen molar-refractivity contribution in [3.63, 3.8) is 0 Å². The van der Waals surface area contributed by atoms with Gasteiger partial charge in [0.05, 0.1) is 24.6 Å². The molecule has 3 N–H and O–H groups in total. The molecule has 2 heterocycles. The highest BCUT2D eigenvalue weighted by Gasteiger charge is 2.38. The molecule has 9 nitrogen and oxygen atoms in total. The van der Waals surface area contributed by atoms with E-state index >= 15 is 0 Å². The standard InChI is InChI=1S/C26H39F2N5O4/c1-4-5-7-33-14-18(12-23(33)34)26(37)30-21(11-17-9-19(27)13-20(28)10-17)25(36)22-15-32(8-6-29-22)16-24(35)31(2)3/h9-10,13,18,21-22,25,29,36H,4-8,11-12,14-16H2,1-3H3,(H,30,37)/t18?,21-,22+,25-/m0/s1. The van der Waals surface area contributed by atoms with Crippen LogP contribution >= 0.6 is 0 Å². The van der Waals surface area contributed by atoms with Gasteiger partial charge in [0.15, 0.2) is 0 Å². The second-order valence-electron chi connectivity index (χ2n) is 10.3. The normalized spacial score (nSPS) is 22.1. The maximum absolute atomic E-state index is 13.9. The Morgan fingerprint density at radius 2 is 1.92 bits per heavy atom. The van der Waals surface area contributed by atoms with Gasteiger partial charge in [-0.15, -0.1) is 0 Å². The molecule has 3 amide bonds. The molecule has 0 aromatic heterocycles. The predicted molar refractivity (Wildman–Crippen MR) is 135 cm³/mol. The number of nitrogens with one attached hydrogen (secondary N) is 2. The molecule has 0 bridgehead atoms. The number of carbonyl (C=O) groups is 3. The SMILES string of the molecule is CCCCN1CC(C(=O)N[C@@H](Cc2cc(F)cc(F)c2)[C@H](O)[C@H]2CN(CC(=O)N(C)C)CCN2)CC1=O. The third-order valence-electron chi connectivity index (χ3n) is 7.04. The molecule has 37 heavy (non-hydrogen) atoms. The number of rotatable bonds is 11. The van der Waals surface area contributed by atoms with Crippen molar-refractivity contribution >= 4 is 17.7 Å². The van der Waals surface area contributed by atoms with Crippen LogP contribution in [0.5, 0.6) is 0 Å². The van der Waals surface area contributed by atoms with Crippen molar-refractivity contribution in [3.05, 3.63) is 35.4 Å². The minimum Gasteiger partial charge on any atom is -0.389 e. The van der Waals surface area contributed by atoms with Gasteiger partial charge in [-0.1, -0.05) is 13.3 Å². The first-order chi connectivity index (χ1) is 17.6. The van der Waals surface area contributed by atoms with Crippen molar-refractivity contribution in [2.45, 2.75) is 50.8 Å². The summed E-state index contributed by atoms with van der Waals surface area (Å²) in [4.78, 5) is 42.8. The number of aliphatic hydroxyl groups is 1. The number of hydrogen-bond acceptors (Lipinski definition) is 6. The molecule has 2 saturated heterocycles. The van der Waals surface area contributed by atoms with Crippen molar-refractivity contribution in [2.75, 3.05) is 53.4 Å². The lowest BCUT2D eigenvalue weighted by Crippen LogP contribution is -2.62. The van der Waals surface area contributed by atoms with Crippen molar-refractivity contribution in [2.24, 2.45) is 5.92 Å². The molecule has 0 radical (unpaired) electrons. The van der Waals surface area contributed by atoms with Gasteiger partial charge in [-0.05, 0) is 30.5 Å². The zero-order valence-electron chi connectivity index (χ0n) is 21.9. The minimum atomic E-state index is -1.11. The van der Waals surface area contributed by atoms with E-state index in [-0.39, 0.29) is 37.1 Å². The van der Waals surface area contributed by atoms with Crippen molar-refractivity contribution in [1.29, 1.82) is 0 Å². The van der Waals surface area contributed by atoms with E-state index in [4.69, 9.17) is 0 Å². The summed E-state index contributed by atoms with van der Waals surface area (Å²) < 4.78 is 27.8. The zero-order chi connectivity index (χ0) is 27.1. The van der Waals surface area contributed by atoms with Crippen LogP contribution in [0.2, 0.25) is 0 Å². The van der Waals surface area contributed by atoms with Crippen LogP contribution in [0.15, 0.2) is 18.2 Å². The summed E-state index contributed by atoms with van der Waals surface area (Å²) in [6.07, 6.45) is 0.768. The van der Waals surface area contributed by atoms with Crippen molar-refractivity contribution in [1.82, 2.24) is 25.3 Å². The molecule has 0 aliphatic carbocycles. The van der Waals surface area contributed by atoms with Gasteiger partial charge in [0, 0.05) is 65.3 Å². The Labute approximate surface area is 217 Å². The summed E-state index contributed by atoms with van der Waals surface area (Å²) in [5.41, 5.74) is 0.296. The topological polar surface area (TPSA) is 105 Å². The quantitative estimate of drug-likeness (QED) is 0.387. The number of likely N-dealkylation sites (tertiary alicyclic amines) is 1. The predicted octanol–water partition coefficient (Wildman–Crippen LogP) is 0.364. The lowest BCUT2D eigenvalue weighted by atomic mass is 9.94. The summed E-state index contributed by atoms with van der Waals surface area (Å²) in [6, 6.07) is 1.77. The second-order valence-corrected chi connectivity index (χ2v) is 10.3. The number of aliphatic hydroxyl groups excluding tert-OH is 1. The van der Waals surface area contributed by atoms with Crippen LogP contribution in [0, 0.1) is 17.6 Å². The number of carbonyl (C=O) groups excluding carboxylic acids is 3. The first-order valence-corrected chi connectivity index (χ1v) is 12.9. The third-order valence-corrected chi connectivity index (χ3v) is 7.04. The molecule has 0 spiro atoms. The van der Waals surface area contributed by atoms with E-state index in [9.17, 15) is 28.3 Å². The van der Waals surface area contributed by atoms with E-state index in [1.807, 2.05) is 11.8 Å². The molecule has 2 aliphatic heterocycles. The van der Waals surface area contributed by atoms with E-state index in [0.29, 0.717) is 38.3 Å². The summed E-state index contributed by atoms with van der Waals surface area (Å²) in [5, 5.41) is 17.5. The first-order valence-electron chi connectivity index (χ1n) is 12.9. The van der Waals surface area contributed by atoms with Gasteiger partial charge in [-0.2, -0.15) is 0 Å². The highest BCUT2D eigenvalue weighted by molar-refractivity contribution is 5.89. The largest absolute Gasteiger partial charge is 0.389 e. The molecule has 2 fully saturated rings. The Morgan fingerprint density at radius 3 is 2.57 bits per heavy atom. The Hall–Kier alpha value is -2.63. The molecule has 2 aliphatic rings. The lowest BCUT2D eigenvalue weighted by molar-refractivity contribution is -0.130. The van der Waals surface area contributed by atoms with Crippen molar-refractivity contribution in [3.8, 4) is 0 Å². The van der Waals surface area contributed by atoms with E-state index in [1.165, 1.54) is 17.0 Å². The highest BCUT2D eigenvalue weighted by atomic mass is 19.1. The number of nitrogens with zero attached hydrogens (tertiary/aromatic N) is 3. The van der Waals surface area contributed by atoms with Crippen LogP contribution in [-0.4, -0.2) is 109 Å². The van der Waals surface area contributed by atoms with Crippen LogP contribution < -0.4 is 10.6 Å². The Kier molecular flexibility index (Phi) is 10.4. The number of halogens is 2. The second kappa shape index (κ2) is 13.3. The van der Waals surface area contributed by atoms with Gasteiger partial charge in [-0.3, -0.25) is 19.3 Å². The summed E-state index contributed by atoms with van der Waals surface area (Å²) in [6.45, 7) is 4.64. The van der Waals surface area contributed by atoms with Crippen LogP contribution in [0.3, 0.4) is 0 Å². The Bertz CT molecular complexity index is 943. The highest BCUT2D eigenvalue weighted by Crippen LogP contribution is 2.20. The fraction of sp³-hybridized carbons (Fsp3) is 0.654. The van der Waals surface area contributed by atoms with Crippen LogP contribution in [0.25, 0.3) is 0 Å². The number of likely N-dealkylation sites (N-methyl/N-ethyl adjacent to an activating group) is 1. The molecule has 0 saturated carbocycles. The number of benzene rings is 1. The zero-order valence-corrected chi connectivity index (χ0v) is 21.9. The fourth-order valence-corrected chi connectivity index (χ4v) is 4.88. The maximum atomic E-state index is 13.9. The molecule has 1 unspecified atom stereocenters. The summed E-state index contributed by atoms with van der Waals surface area (Å²) in [5.74, 6) is -2.55. The van der Waals surface area contributed by atoms with Gasteiger partial charge >= 0.3 is 0 Å². The molecule has 11 heteroatoms. The summed E-state index contributed by atoms with van der Waals surface area (Å²) in [7, 11) is 3.36. The monoisotopic (exact) mass is 523 g/mol. The molecule has 3 rings (SSSR count). The minimum absolute atomic E-state index is 0.00336. The molecule has 4 atom stereocenters. The van der Waals surface area contributed by atoms with Crippen LogP contribution in [0.1, 0.15) is 31.7 Å². The van der Waals surface area contributed by atoms with E-state index in [0.717, 1.165) is 18.9 Å². The molecular formula is C26H39F2N5O4. The lowest BCUT2D eigenvalue weighted by Gasteiger charge is -2.39. The molecule has 1 aromatic carbocycles. The van der Waals surface area contributed by atoms with E-state index < -0.39 is 35.7 Å². The summed E-state index contributed by atoms with van der Waals surface area (Å²) >= 11 is 0. The van der Waals surface area contributed by atoms with Gasteiger partial charge in [-0.25, -0.2) is 8.78 Å².